The molecule has 0 amide bonds. The lowest BCUT2D eigenvalue weighted by Gasteiger charge is -2.45. The summed E-state index contributed by atoms with van der Waals surface area (Å²) in [6.07, 6.45) is -0.642. The molecule has 5 nitrogen and oxygen atoms in total. The van der Waals surface area contributed by atoms with E-state index < -0.39 is 36.1 Å². The Morgan fingerprint density at radius 3 is 1.69 bits per heavy atom. The smallest absolute Gasteiger partial charge is 0.241 e. The number of benzene rings is 3. The number of sulfonamides is 1. The predicted molar refractivity (Wildman–Crippen MR) is 149 cm³/mol. The van der Waals surface area contributed by atoms with Gasteiger partial charge in [-0.05, 0) is 55.2 Å². The summed E-state index contributed by atoms with van der Waals surface area (Å²) in [7, 11) is -6.31. The first kappa shape index (κ1) is 28.3. The molecule has 36 heavy (non-hydrogen) atoms. The van der Waals surface area contributed by atoms with Crippen LogP contribution >= 0.6 is 0 Å². The maximum atomic E-state index is 13.7. The van der Waals surface area contributed by atoms with E-state index in [4.69, 9.17) is 4.43 Å². The molecule has 0 aromatic heterocycles. The Labute approximate surface area is 217 Å². The number of nitrogens with one attached hydrogen (secondary N) is 1. The van der Waals surface area contributed by atoms with Crippen LogP contribution in [0.2, 0.25) is 18.1 Å². The summed E-state index contributed by atoms with van der Waals surface area (Å²) in [6.45, 7) is 14.4. The van der Waals surface area contributed by atoms with Gasteiger partial charge in [-0.25, -0.2) is 13.1 Å². The van der Waals surface area contributed by atoms with Gasteiger partial charge in [-0.3, -0.25) is 0 Å². The number of aliphatic hydroxyl groups is 1. The van der Waals surface area contributed by atoms with Gasteiger partial charge >= 0.3 is 0 Å². The Balaban J connectivity index is 2.20. The third-order valence-corrected chi connectivity index (χ3v) is 13.3. The lowest BCUT2D eigenvalue weighted by Crippen LogP contribution is -2.59. The molecule has 194 valence electrons. The predicted octanol–water partition coefficient (Wildman–Crippen LogP) is 5.99. The molecule has 0 spiro atoms. The van der Waals surface area contributed by atoms with E-state index in [-0.39, 0.29) is 9.93 Å². The first-order valence-corrected chi connectivity index (χ1v) is 16.7. The highest BCUT2D eigenvalue weighted by Crippen LogP contribution is 2.41. The zero-order valence-corrected chi connectivity index (χ0v) is 24.1. The number of hydrogen-bond donors (Lipinski definition) is 2. The molecular formula is C29H39NO4SSi. The molecule has 3 aromatic carbocycles. The van der Waals surface area contributed by atoms with Gasteiger partial charge in [0.15, 0.2) is 8.32 Å². The first-order valence-electron chi connectivity index (χ1n) is 12.3. The van der Waals surface area contributed by atoms with Crippen molar-refractivity contribution in [1.82, 2.24) is 4.72 Å². The average molecular weight is 526 g/mol. The second kappa shape index (κ2) is 10.6. The summed E-state index contributed by atoms with van der Waals surface area (Å²) >= 11 is 0. The second-order valence-electron chi connectivity index (χ2n) is 11.0. The van der Waals surface area contributed by atoms with Crippen LogP contribution in [0.1, 0.15) is 44.4 Å². The highest BCUT2D eigenvalue weighted by molar-refractivity contribution is 7.89. The van der Waals surface area contributed by atoms with E-state index in [1.807, 2.05) is 74.5 Å². The van der Waals surface area contributed by atoms with Crippen LogP contribution in [0.4, 0.5) is 0 Å². The van der Waals surface area contributed by atoms with Crippen molar-refractivity contribution in [3.05, 3.63) is 102 Å². The Morgan fingerprint density at radius 2 is 1.28 bits per heavy atom. The van der Waals surface area contributed by atoms with Crippen molar-refractivity contribution in [2.75, 3.05) is 0 Å². The van der Waals surface area contributed by atoms with E-state index >= 15 is 0 Å². The van der Waals surface area contributed by atoms with Crippen LogP contribution in [-0.4, -0.2) is 34.0 Å². The van der Waals surface area contributed by atoms with Gasteiger partial charge in [0.25, 0.3) is 0 Å². The topological polar surface area (TPSA) is 75.6 Å². The van der Waals surface area contributed by atoms with Crippen LogP contribution in [0.5, 0.6) is 0 Å². The lowest BCUT2D eigenvalue weighted by atomic mass is 9.78. The van der Waals surface area contributed by atoms with Crippen LogP contribution in [0, 0.1) is 6.92 Å². The molecule has 0 aliphatic carbocycles. The third kappa shape index (κ3) is 5.98. The maximum Gasteiger partial charge on any atom is 0.241 e. The quantitative estimate of drug-likeness (QED) is 0.337. The maximum absolute atomic E-state index is 13.7. The highest BCUT2D eigenvalue weighted by Gasteiger charge is 2.48. The van der Waals surface area contributed by atoms with E-state index in [1.54, 1.807) is 24.3 Å². The average Bonchev–Trinajstić information content (AvgIpc) is 2.82. The normalized spacial score (nSPS) is 14.9. The van der Waals surface area contributed by atoms with Gasteiger partial charge in [0, 0.05) is 0 Å². The van der Waals surface area contributed by atoms with Gasteiger partial charge in [0.1, 0.15) is 5.60 Å². The largest absolute Gasteiger partial charge is 0.412 e. The van der Waals surface area contributed by atoms with E-state index in [1.165, 1.54) is 0 Å². The van der Waals surface area contributed by atoms with Gasteiger partial charge in [-0.2, -0.15) is 0 Å². The van der Waals surface area contributed by atoms with Gasteiger partial charge in [0.2, 0.25) is 10.0 Å². The fourth-order valence-electron chi connectivity index (χ4n) is 4.09. The minimum atomic E-state index is -3.99. The van der Waals surface area contributed by atoms with Gasteiger partial charge in [-0.15, -0.1) is 0 Å². The van der Waals surface area contributed by atoms with Crippen LogP contribution in [0.25, 0.3) is 0 Å². The van der Waals surface area contributed by atoms with Crippen molar-refractivity contribution >= 4 is 18.3 Å². The highest BCUT2D eigenvalue weighted by atomic mass is 32.2. The van der Waals surface area contributed by atoms with E-state index in [0.717, 1.165) is 5.56 Å². The van der Waals surface area contributed by atoms with Crippen molar-refractivity contribution < 1.29 is 18.0 Å². The zero-order chi connectivity index (χ0) is 26.8. The van der Waals surface area contributed by atoms with Gasteiger partial charge in [0.05, 0.1) is 17.0 Å². The molecule has 2 N–H and O–H groups in total. The summed E-state index contributed by atoms with van der Waals surface area (Å²) in [6, 6.07) is 24.1. The summed E-state index contributed by atoms with van der Waals surface area (Å²) in [5.41, 5.74) is 0.435. The first-order chi connectivity index (χ1) is 16.7. The second-order valence-corrected chi connectivity index (χ2v) is 17.5. The van der Waals surface area contributed by atoms with Crippen LogP contribution in [-0.2, 0) is 20.1 Å². The summed E-state index contributed by atoms with van der Waals surface area (Å²) in [5.74, 6) is 0. The molecule has 2 atom stereocenters. The number of aryl methyl sites for hydroxylation is 1. The SMILES string of the molecule is Cc1ccc(S(=O)(=O)N[C@@H]([C@@H](C)O[Si](C)(C)C(C)(C)C)C(O)(c2ccccc2)c2ccccc2)cc1. The zero-order valence-electron chi connectivity index (χ0n) is 22.3. The Hall–Kier alpha value is -2.29. The van der Waals surface area contributed by atoms with Gasteiger partial charge in [-0.1, -0.05) is 99.1 Å². The van der Waals surface area contributed by atoms with Crippen LogP contribution in [0.3, 0.4) is 0 Å². The molecule has 3 aromatic rings. The van der Waals surface area contributed by atoms with Crippen LogP contribution < -0.4 is 4.72 Å². The van der Waals surface area contributed by atoms with E-state index in [0.29, 0.717) is 11.1 Å². The third-order valence-electron chi connectivity index (χ3n) is 7.25. The van der Waals surface area contributed by atoms with Gasteiger partial charge < -0.3 is 9.53 Å². The molecule has 0 aliphatic heterocycles. The fraction of sp³-hybridized carbons (Fsp3) is 0.379. The van der Waals surface area contributed by atoms with Crippen LogP contribution in [0.15, 0.2) is 89.8 Å². The van der Waals surface area contributed by atoms with Crippen molar-refractivity contribution in [2.45, 2.75) is 75.4 Å². The minimum Gasteiger partial charge on any atom is -0.412 e. The standard InChI is InChI=1S/C29H39NO4SSi/c1-22-18-20-26(21-19-22)35(32,33)30-27(23(2)34-36(6,7)28(3,4)5)29(31,24-14-10-8-11-15-24)25-16-12-9-13-17-25/h8-21,23,27,30-31H,1-7H3/t23-,27+/m1/s1. The van der Waals surface area contributed by atoms with Crippen molar-refractivity contribution in [2.24, 2.45) is 0 Å². The molecule has 0 saturated carbocycles. The Kier molecular flexibility index (Phi) is 8.32. The molecule has 0 bridgehead atoms. The van der Waals surface area contributed by atoms with Crippen molar-refractivity contribution in [3.8, 4) is 0 Å². The summed E-state index contributed by atoms with van der Waals surface area (Å²) in [4.78, 5) is 0.140. The van der Waals surface area contributed by atoms with Crippen molar-refractivity contribution in [3.63, 3.8) is 0 Å². The summed E-state index contributed by atoms with van der Waals surface area (Å²) in [5, 5.41) is 12.4. The molecule has 0 radical (unpaired) electrons. The monoisotopic (exact) mass is 525 g/mol. The number of hydrogen-bond acceptors (Lipinski definition) is 4. The molecule has 0 fully saturated rings. The van der Waals surface area contributed by atoms with E-state index in [9.17, 15) is 13.5 Å². The molecule has 0 aliphatic rings. The fourth-order valence-corrected chi connectivity index (χ4v) is 6.84. The van der Waals surface area contributed by atoms with E-state index in [2.05, 4.69) is 38.6 Å². The molecular weight excluding hydrogens is 486 g/mol. The molecule has 0 saturated heterocycles. The molecule has 0 unspecified atom stereocenters. The number of rotatable bonds is 9. The molecule has 7 heteroatoms. The Morgan fingerprint density at radius 1 is 0.833 bits per heavy atom. The summed E-state index contributed by atoms with van der Waals surface area (Å²) < 4.78 is 36.9. The lowest BCUT2D eigenvalue weighted by molar-refractivity contribution is -0.00269. The molecule has 0 heterocycles. The Bertz CT molecular complexity index is 1200. The minimum absolute atomic E-state index is 0.0980. The molecule has 3 rings (SSSR count). The van der Waals surface area contributed by atoms with Crippen molar-refractivity contribution in [1.29, 1.82) is 0 Å².